The summed E-state index contributed by atoms with van der Waals surface area (Å²) in [5, 5.41) is 3.76. The van der Waals surface area contributed by atoms with E-state index in [9.17, 15) is 9.59 Å². The van der Waals surface area contributed by atoms with E-state index in [1.54, 1.807) is 34.1 Å². The normalized spacial score (nSPS) is 15.1. The standard InChI is InChI=1S/C16H19Cl2N3O2/c1-2-19-16(23)21-10-8-20(9-11-21)15(22)7-6-12-13(17)4-3-5-14(12)18/h3-7H,2,8-11H2,1H3,(H,19,23)/b7-6+. The molecule has 1 heterocycles. The molecule has 1 aromatic carbocycles. The highest BCUT2D eigenvalue weighted by Crippen LogP contribution is 2.25. The molecule has 7 heteroatoms. The molecule has 0 saturated carbocycles. The highest BCUT2D eigenvalue weighted by atomic mass is 35.5. The highest BCUT2D eigenvalue weighted by Gasteiger charge is 2.22. The summed E-state index contributed by atoms with van der Waals surface area (Å²) in [6, 6.07) is 5.12. The Morgan fingerprint density at radius 3 is 2.26 bits per heavy atom. The molecule has 0 unspecified atom stereocenters. The summed E-state index contributed by atoms with van der Waals surface area (Å²) in [7, 11) is 0. The Morgan fingerprint density at radius 2 is 1.70 bits per heavy atom. The first-order valence-corrected chi connectivity index (χ1v) is 8.22. The van der Waals surface area contributed by atoms with E-state index < -0.39 is 0 Å². The Bertz CT molecular complexity index is 591. The third-order valence-corrected chi connectivity index (χ3v) is 4.26. The van der Waals surface area contributed by atoms with E-state index in [0.717, 1.165) is 0 Å². The van der Waals surface area contributed by atoms with Crippen LogP contribution in [0.5, 0.6) is 0 Å². The maximum atomic E-state index is 12.2. The number of urea groups is 1. The third kappa shape index (κ3) is 4.62. The van der Waals surface area contributed by atoms with Gasteiger partial charge in [-0.3, -0.25) is 4.79 Å². The third-order valence-electron chi connectivity index (χ3n) is 3.60. The maximum absolute atomic E-state index is 12.2. The second-order valence-corrected chi connectivity index (χ2v) is 5.93. The Morgan fingerprint density at radius 1 is 1.13 bits per heavy atom. The summed E-state index contributed by atoms with van der Waals surface area (Å²) in [6.07, 6.45) is 3.10. The number of piperazine rings is 1. The quantitative estimate of drug-likeness (QED) is 0.847. The largest absolute Gasteiger partial charge is 0.338 e. The van der Waals surface area contributed by atoms with E-state index in [1.807, 2.05) is 6.92 Å². The monoisotopic (exact) mass is 355 g/mol. The van der Waals surface area contributed by atoms with Crippen LogP contribution in [0.15, 0.2) is 24.3 Å². The first-order chi connectivity index (χ1) is 11.0. The summed E-state index contributed by atoms with van der Waals surface area (Å²) in [5.74, 6) is -0.114. The fourth-order valence-electron chi connectivity index (χ4n) is 2.32. The van der Waals surface area contributed by atoms with Gasteiger partial charge >= 0.3 is 6.03 Å². The van der Waals surface area contributed by atoms with Gasteiger partial charge in [0.25, 0.3) is 0 Å². The van der Waals surface area contributed by atoms with Crippen LogP contribution in [0.4, 0.5) is 4.79 Å². The molecule has 0 aromatic heterocycles. The molecule has 0 aliphatic carbocycles. The lowest BCUT2D eigenvalue weighted by Crippen LogP contribution is -2.52. The van der Waals surface area contributed by atoms with E-state index in [1.165, 1.54) is 6.08 Å². The molecule has 0 atom stereocenters. The molecule has 1 aliphatic rings. The lowest BCUT2D eigenvalue weighted by Gasteiger charge is -2.34. The van der Waals surface area contributed by atoms with Crippen molar-refractivity contribution in [3.63, 3.8) is 0 Å². The Balaban J connectivity index is 1.93. The van der Waals surface area contributed by atoms with Crippen molar-refractivity contribution in [2.24, 2.45) is 0 Å². The number of carbonyl (C=O) groups excluding carboxylic acids is 2. The van der Waals surface area contributed by atoms with Crippen LogP contribution < -0.4 is 5.32 Å². The average Bonchev–Trinajstić information content (AvgIpc) is 2.54. The van der Waals surface area contributed by atoms with Crippen molar-refractivity contribution in [3.05, 3.63) is 39.9 Å². The van der Waals surface area contributed by atoms with Crippen LogP contribution in [-0.2, 0) is 4.79 Å². The number of halogens is 2. The van der Waals surface area contributed by atoms with Gasteiger partial charge in [-0.15, -0.1) is 0 Å². The SMILES string of the molecule is CCNC(=O)N1CCN(C(=O)/C=C/c2c(Cl)cccc2Cl)CC1. The number of carbonyl (C=O) groups is 2. The van der Waals surface area contributed by atoms with Crippen molar-refractivity contribution in [3.8, 4) is 0 Å². The molecular weight excluding hydrogens is 337 g/mol. The molecule has 3 amide bonds. The summed E-state index contributed by atoms with van der Waals surface area (Å²) in [5.41, 5.74) is 0.630. The summed E-state index contributed by atoms with van der Waals surface area (Å²) >= 11 is 12.1. The van der Waals surface area contributed by atoms with Gasteiger partial charge in [0.05, 0.1) is 0 Å². The summed E-state index contributed by atoms with van der Waals surface area (Å²) < 4.78 is 0. The number of nitrogens with one attached hydrogen (secondary N) is 1. The lowest BCUT2D eigenvalue weighted by atomic mass is 10.2. The lowest BCUT2D eigenvalue weighted by molar-refractivity contribution is -0.127. The Kier molecular flexibility index (Phi) is 6.30. The molecule has 0 spiro atoms. The van der Waals surface area contributed by atoms with E-state index in [0.29, 0.717) is 48.3 Å². The van der Waals surface area contributed by atoms with Crippen LogP contribution in [0.25, 0.3) is 6.08 Å². The average molecular weight is 356 g/mol. The zero-order chi connectivity index (χ0) is 16.8. The zero-order valence-electron chi connectivity index (χ0n) is 12.9. The minimum atomic E-state index is -0.114. The van der Waals surface area contributed by atoms with Gasteiger partial charge < -0.3 is 15.1 Å². The smallest absolute Gasteiger partial charge is 0.317 e. The molecule has 1 saturated heterocycles. The topological polar surface area (TPSA) is 52.7 Å². The predicted molar refractivity (Wildman–Crippen MR) is 92.7 cm³/mol. The molecule has 1 N–H and O–H groups in total. The van der Waals surface area contributed by atoms with E-state index in [2.05, 4.69) is 5.32 Å². The molecule has 124 valence electrons. The van der Waals surface area contributed by atoms with E-state index in [-0.39, 0.29) is 11.9 Å². The first-order valence-electron chi connectivity index (χ1n) is 7.46. The fraction of sp³-hybridized carbons (Fsp3) is 0.375. The van der Waals surface area contributed by atoms with Crippen LogP contribution in [0.2, 0.25) is 10.0 Å². The maximum Gasteiger partial charge on any atom is 0.317 e. The second kappa shape index (κ2) is 8.22. The van der Waals surface area contributed by atoms with Crippen molar-refractivity contribution in [2.75, 3.05) is 32.7 Å². The van der Waals surface area contributed by atoms with Gasteiger partial charge in [0, 0.05) is 54.4 Å². The Labute approximate surface area is 145 Å². The van der Waals surface area contributed by atoms with Crippen molar-refractivity contribution in [1.82, 2.24) is 15.1 Å². The number of benzene rings is 1. The molecule has 1 fully saturated rings. The van der Waals surface area contributed by atoms with Gasteiger partial charge in [0.1, 0.15) is 0 Å². The molecule has 1 aliphatic heterocycles. The molecular formula is C16H19Cl2N3O2. The molecule has 5 nitrogen and oxygen atoms in total. The van der Waals surface area contributed by atoms with E-state index >= 15 is 0 Å². The number of hydrogen-bond acceptors (Lipinski definition) is 2. The number of nitrogens with zero attached hydrogens (tertiary/aromatic N) is 2. The first kappa shape index (κ1) is 17.6. The number of hydrogen-bond donors (Lipinski definition) is 1. The summed E-state index contributed by atoms with van der Waals surface area (Å²) in [6.45, 7) is 4.55. The van der Waals surface area contributed by atoms with Crippen molar-refractivity contribution in [2.45, 2.75) is 6.92 Å². The molecule has 23 heavy (non-hydrogen) atoms. The second-order valence-electron chi connectivity index (χ2n) is 5.12. The van der Waals surface area contributed by atoms with Crippen LogP contribution in [-0.4, -0.2) is 54.5 Å². The van der Waals surface area contributed by atoms with Crippen molar-refractivity contribution >= 4 is 41.2 Å². The van der Waals surface area contributed by atoms with Crippen LogP contribution in [0.3, 0.4) is 0 Å². The van der Waals surface area contributed by atoms with E-state index in [4.69, 9.17) is 23.2 Å². The van der Waals surface area contributed by atoms with Crippen LogP contribution in [0, 0.1) is 0 Å². The molecule has 0 bridgehead atoms. The van der Waals surface area contributed by atoms with Crippen LogP contribution in [0.1, 0.15) is 12.5 Å². The minimum Gasteiger partial charge on any atom is -0.338 e. The van der Waals surface area contributed by atoms with Gasteiger partial charge in [0.15, 0.2) is 0 Å². The summed E-state index contributed by atoms with van der Waals surface area (Å²) in [4.78, 5) is 27.4. The molecule has 2 rings (SSSR count). The number of amides is 3. The van der Waals surface area contributed by atoms with Gasteiger partial charge in [-0.2, -0.15) is 0 Å². The Hall–Kier alpha value is -1.72. The van der Waals surface area contributed by atoms with Crippen molar-refractivity contribution < 1.29 is 9.59 Å². The van der Waals surface area contributed by atoms with Gasteiger partial charge in [-0.1, -0.05) is 29.3 Å². The molecule has 0 radical (unpaired) electrons. The number of rotatable bonds is 3. The predicted octanol–water partition coefficient (Wildman–Crippen LogP) is 2.88. The van der Waals surface area contributed by atoms with Crippen molar-refractivity contribution in [1.29, 1.82) is 0 Å². The highest BCUT2D eigenvalue weighted by molar-refractivity contribution is 6.37. The zero-order valence-corrected chi connectivity index (χ0v) is 14.4. The fourth-order valence-corrected chi connectivity index (χ4v) is 2.85. The molecule has 1 aromatic rings. The minimum absolute atomic E-state index is 0.0852. The van der Waals surface area contributed by atoms with Gasteiger partial charge in [-0.05, 0) is 25.1 Å². The van der Waals surface area contributed by atoms with Gasteiger partial charge in [-0.25, -0.2) is 4.79 Å². The van der Waals surface area contributed by atoms with Gasteiger partial charge in [0.2, 0.25) is 5.91 Å². The van der Waals surface area contributed by atoms with Crippen LogP contribution >= 0.6 is 23.2 Å².